The minimum atomic E-state index is -0.189. The van der Waals surface area contributed by atoms with Gasteiger partial charge in [0.1, 0.15) is 5.75 Å². The Morgan fingerprint density at radius 2 is 2.10 bits per heavy atom. The van der Waals surface area contributed by atoms with Crippen molar-refractivity contribution >= 4 is 27.7 Å². The molecular formula is C14H17BrN2O3. The van der Waals surface area contributed by atoms with Crippen LogP contribution in [-0.2, 0) is 16.0 Å². The van der Waals surface area contributed by atoms with E-state index in [2.05, 4.69) is 26.8 Å². The third-order valence-corrected chi connectivity index (χ3v) is 3.75. The van der Waals surface area contributed by atoms with Crippen molar-refractivity contribution in [1.29, 1.82) is 0 Å². The average molecular weight is 341 g/mol. The van der Waals surface area contributed by atoms with Crippen molar-refractivity contribution in [1.82, 2.24) is 10.9 Å². The minimum absolute atomic E-state index is 0.0906. The molecule has 1 aromatic carbocycles. The Hall–Kier alpha value is -1.56. The van der Waals surface area contributed by atoms with E-state index in [0.717, 1.165) is 28.6 Å². The molecule has 1 aromatic rings. The van der Waals surface area contributed by atoms with Gasteiger partial charge in [0.05, 0.1) is 11.6 Å². The van der Waals surface area contributed by atoms with E-state index in [1.807, 2.05) is 18.2 Å². The highest BCUT2D eigenvalue weighted by Gasteiger charge is 2.29. The van der Waals surface area contributed by atoms with Crippen molar-refractivity contribution in [2.45, 2.75) is 25.7 Å². The Labute approximate surface area is 126 Å². The zero-order valence-corrected chi connectivity index (χ0v) is 12.8. The molecule has 2 N–H and O–H groups in total. The second kappa shape index (κ2) is 6.74. The number of hydrazine groups is 1. The van der Waals surface area contributed by atoms with Crippen molar-refractivity contribution in [3.8, 4) is 5.75 Å². The molecule has 1 saturated carbocycles. The molecule has 6 heteroatoms. The molecule has 5 nitrogen and oxygen atoms in total. The maximum absolute atomic E-state index is 11.6. The summed E-state index contributed by atoms with van der Waals surface area (Å²) in [6, 6.07) is 5.70. The van der Waals surface area contributed by atoms with Gasteiger partial charge in [-0.2, -0.15) is 0 Å². The molecule has 1 aliphatic rings. The minimum Gasteiger partial charge on any atom is -0.496 e. The first-order valence-corrected chi connectivity index (χ1v) is 7.30. The molecule has 0 atom stereocenters. The van der Waals surface area contributed by atoms with Gasteiger partial charge in [0.2, 0.25) is 11.8 Å². The SMILES string of the molecule is COc1ccc(CCC(=O)NNC(=O)C2CC2)cc1Br. The quantitative estimate of drug-likeness (QED) is 0.805. The summed E-state index contributed by atoms with van der Waals surface area (Å²) in [4.78, 5) is 23.0. The van der Waals surface area contributed by atoms with E-state index in [-0.39, 0.29) is 17.7 Å². The van der Waals surface area contributed by atoms with Crippen LogP contribution in [0.4, 0.5) is 0 Å². The molecule has 1 fully saturated rings. The molecule has 2 rings (SSSR count). The number of ether oxygens (including phenoxy) is 1. The molecule has 1 aliphatic carbocycles. The first kappa shape index (κ1) is 14.8. The van der Waals surface area contributed by atoms with Gasteiger partial charge in [0.25, 0.3) is 0 Å². The summed E-state index contributed by atoms with van der Waals surface area (Å²) in [5.41, 5.74) is 5.91. The number of nitrogens with one attached hydrogen (secondary N) is 2. The van der Waals surface area contributed by atoms with Crippen LogP contribution < -0.4 is 15.6 Å². The van der Waals surface area contributed by atoms with Crippen LogP contribution in [-0.4, -0.2) is 18.9 Å². The van der Waals surface area contributed by atoms with Crippen LogP contribution in [0.25, 0.3) is 0 Å². The second-order valence-corrected chi connectivity index (χ2v) is 5.63. The number of hydrogen-bond donors (Lipinski definition) is 2. The third-order valence-electron chi connectivity index (χ3n) is 3.13. The fourth-order valence-corrected chi connectivity index (χ4v) is 2.35. The van der Waals surface area contributed by atoms with Crippen LogP contribution in [0.1, 0.15) is 24.8 Å². The van der Waals surface area contributed by atoms with Gasteiger partial charge in [-0.3, -0.25) is 20.4 Å². The first-order valence-electron chi connectivity index (χ1n) is 6.51. The van der Waals surface area contributed by atoms with Gasteiger partial charge < -0.3 is 4.74 Å². The monoisotopic (exact) mass is 340 g/mol. The number of hydrogen-bond acceptors (Lipinski definition) is 3. The molecule has 0 bridgehead atoms. The lowest BCUT2D eigenvalue weighted by atomic mass is 10.1. The van der Waals surface area contributed by atoms with Gasteiger partial charge in [-0.1, -0.05) is 6.07 Å². The molecule has 2 amide bonds. The van der Waals surface area contributed by atoms with Gasteiger partial charge >= 0.3 is 0 Å². The molecule has 0 aliphatic heterocycles. The van der Waals surface area contributed by atoms with E-state index in [4.69, 9.17) is 4.74 Å². The van der Waals surface area contributed by atoms with Crippen molar-refractivity contribution in [2.24, 2.45) is 5.92 Å². The van der Waals surface area contributed by atoms with Crippen molar-refractivity contribution in [2.75, 3.05) is 7.11 Å². The molecule has 0 aromatic heterocycles. The van der Waals surface area contributed by atoms with E-state index < -0.39 is 0 Å². The lowest BCUT2D eigenvalue weighted by Crippen LogP contribution is -2.42. The van der Waals surface area contributed by atoms with E-state index >= 15 is 0 Å². The number of carbonyl (C=O) groups excluding carboxylic acids is 2. The topological polar surface area (TPSA) is 67.4 Å². The molecule has 0 unspecified atom stereocenters. The predicted octanol–water partition coefficient (Wildman–Crippen LogP) is 1.95. The summed E-state index contributed by atoms with van der Waals surface area (Å²) in [5, 5.41) is 0. The predicted molar refractivity (Wildman–Crippen MR) is 78.0 cm³/mol. The number of carbonyl (C=O) groups is 2. The number of benzene rings is 1. The van der Waals surface area contributed by atoms with E-state index in [9.17, 15) is 9.59 Å². The molecule has 20 heavy (non-hydrogen) atoms. The average Bonchev–Trinajstić information content (AvgIpc) is 3.27. The number of amides is 2. The maximum Gasteiger partial charge on any atom is 0.241 e. The highest BCUT2D eigenvalue weighted by Crippen LogP contribution is 2.28. The van der Waals surface area contributed by atoms with Gasteiger partial charge in [0, 0.05) is 12.3 Å². The molecule has 0 saturated heterocycles. The summed E-state index contributed by atoms with van der Waals surface area (Å²) < 4.78 is 6.01. The van der Waals surface area contributed by atoms with Crippen LogP contribution in [0.15, 0.2) is 22.7 Å². The standard InChI is InChI=1S/C14H17BrN2O3/c1-20-12-6-2-9(8-11(12)15)3-7-13(18)16-17-14(19)10-4-5-10/h2,6,8,10H,3-5,7H2,1H3,(H,16,18)(H,17,19). The fourth-order valence-electron chi connectivity index (χ4n) is 1.76. The number of methoxy groups -OCH3 is 1. The Balaban J connectivity index is 1.74. The molecule has 0 heterocycles. The molecule has 0 radical (unpaired) electrons. The normalized spacial score (nSPS) is 13.7. The summed E-state index contributed by atoms with van der Waals surface area (Å²) in [5.74, 6) is 0.569. The van der Waals surface area contributed by atoms with Gasteiger partial charge in [-0.05, 0) is 52.9 Å². The van der Waals surface area contributed by atoms with Gasteiger partial charge in [-0.15, -0.1) is 0 Å². The highest BCUT2D eigenvalue weighted by atomic mass is 79.9. The summed E-state index contributed by atoms with van der Waals surface area (Å²) >= 11 is 3.40. The number of halogens is 1. The Kier molecular flexibility index (Phi) is 5.00. The number of aryl methyl sites for hydroxylation is 1. The highest BCUT2D eigenvalue weighted by molar-refractivity contribution is 9.10. The zero-order valence-electron chi connectivity index (χ0n) is 11.2. The van der Waals surface area contributed by atoms with Crippen LogP contribution in [0.5, 0.6) is 5.75 Å². The summed E-state index contributed by atoms with van der Waals surface area (Å²) in [6.07, 6.45) is 2.76. The fraction of sp³-hybridized carbons (Fsp3) is 0.429. The molecule has 108 valence electrons. The summed E-state index contributed by atoms with van der Waals surface area (Å²) in [6.45, 7) is 0. The van der Waals surface area contributed by atoms with E-state index in [0.29, 0.717) is 12.8 Å². The first-order chi connectivity index (χ1) is 9.60. The second-order valence-electron chi connectivity index (χ2n) is 4.78. The third kappa shape index (κ3) is 4.23. The van der Waals surface area contributed by atoms with E-state index in [1.54, 1.807) is 7.11 Å². The van der Waals surface area contributed by atoms with Crippen molar-refractivity contribution in [3.63, 3.8) is 0 Å². The Bertz CT molecular complexity index is 515. The van der Waals surface area contributed by atoms with E-state index in [1.165, 1.54) is 0 Å². The smallest absolute Gasteiger partial charge is 0.241 e. The van der Waals surface area contributed by atoms with Gasteiger partial charge in [-0.25, -0.2) is 0 Å². The zero-order chi connectivity index (χ0) is 14.5. The Morgan fingerprint density at radius 1 is 1.35 bits per heavy atom. The maximum atomic E-state index is 11.6. The van der Waals surface area contributed by atoms with Crippen molar-refractivity contribution in [3.05, 3.63) is 28.2 Å². The van der Waals surface area contributed by atoms with Crippen LogP contribution in [0.3, 0.4) is 0 Å². The van der Waals surface area contributed by atoms with Crippen molar-refractivity contribution < 1.29 is 14.3 Å². The van der Waals surface area contributed by atoms with Gasteiger partial charge in [0.15, 0.2) is 0 Å². The molecule has 0 spiro atoms. The molecular weight excluding hydrogens is 324 g/mol. The number of rotatable bonds is 5. The summed E-state index contributed by atoms with van der Waals surface area (Å²) in [7, 11) is 1.61. The van der Waals surface area contributed by atoms with Crippen LogP contribution >= 0.6 is 15.9 Å². The lowest BCUT2D eigenvalue weighted by molar-refractivity contribution is -0.129. The van der Waals surface area contributed by atoms with Crippen LogP contribution in [0.2, 0.25) is 0 Å². The lowest BCUT2D eigenvalue weighted by Gasteiger charge is -2.08. The van der Waals surface area contributed by atoms with Crippen LogP contribution in [0, 0.1) is 5.92 Å². The largest absolute Gasteiger partial charge is 0.496 e. The Morgan fingerprint density at radius 3 is 2.70 bits per heavy atom.